The first kappa shape index (κ1) is 13.5. The predicted molar refractivity (Wildman–Crippen MR) is 73.9 cm³/mol. The second kappa shape index (κ2) is 5.83. The maximum Gasteiger partial charge on any atom is 0.123 e. The van der Waals surface area contributed by atoms with E-state index in [2.05, 4.69) is 19.2 Å². The van der Waals surface area contributed by atoms with E-state index in [1.54, 1.807) is 12.1 Å². The summed E-state index contributed by atoms with van der Waals surface area (Å²) in [6.45, 7) is 7.52. The highest BCUT2D eigenvalue weighted by Gasteiger charge is 2.24. The van der Waals surface area contributed by atoms with Crippen LogP contribution < -0.4 is 5.32 Å². The van der Waals surface area contributed by atoms with E-state index in [0.717, 1.165) is 23.9 Å². The van der Waals surface area contributed by atoms with E-state index >= 15 is 0 Å². The summed E-state index contributed by atoms with van der Waals surface area (Å²) in [7, 11) is 0. The fourth-order valence-electron chi connectivity index (χ4n) is 3.07. The largest absolute Gasteiger partial charge is 0.310 e. The van der Waals surface area contributed by atoms with Crippen molar-refractivity contribution in [1.29, 1.82) is 0 Å². The van der Waals surface area contributed by atoms with Gasteiger partial charge >= 0.3 is 0 Å². The minimum Gasteiger partial charge on any atom is -0.310 e. The summed E-state index contributed by atoms with van der Waals surface area (Å²) >= 11 is 0. The summed E-state index contributed by atoms with van der Waals surface area (Å²) in [5, 5.41) is 3.65. The molecule has 0 bridgehead atoms. The Bertz CT molecular complexity index is 402. The van der Waals surface area contributed by atoms with Crippen molar-refractivity contribution in [3.8, 4) is 0 Å². The van der Waals surface area contributed by atoms with Gasteiger partial charge in [0.25, 0.3) is 0 Å². The van der Waals surface area contributed by atoms with Gasteiger partial charge in [-0.3, -0.25) is 0 Å². The van der Waals surface area contributed by atoms with E-state index in [4.69, 9.17) is 0 Å². The predicted octanol–water partition coefficient (Wildman–Crippen LogP) is 4.05. The van der Waals surface area contributed by atoms with E-state index in [9.17, 15) is 4.39 Å². The van der Waals surface area contributed by atoms with Crippen LogP contribution in [0.15, 0.2) is 18.2 Å². The van der Waals surface area contributed by atoms with Crippen molar-refractivity contribution in [2.24, 2.45) is 11.8 Å². The van der Waals surface area contributed by atoms with Gasteiger partial charge in [0.05, 0.1) is 0 Å². The summed E-state index contributed by atoms with van der Waals surface area (Å²) in [6.07, 6.45) is 3.91. The van der Waals surface area contributed by atoms with Gasteiger partial charge in [0.1, 0.15) is 5.82 Å². The molecular formula is C16H24FN. The summed E-state index contributed by atoms with van der Waals surface area (Å²) in [4.78, 5) is 0. The lowest BCUT2D eigenvalue weighted by Crippen LogP contribution is -2.38. The van der Waals surface area contributed by atoms with Crippen LogP contribution in [0.5, 0.6) is 0 Å². The molecule has 0 amide bonds. The second-order valence-corrected chi connectivity index (χ2v) is 5.95. The second-order valence-electron chi connectivity index (χ2n) is 5.95. The first-order valence-corrected chi connectivity index (χ1v) is 7.04. The highest BCUT2D eigenvalue weighted by atomic mass is 19.1. The molecule has 0 aliphatic heterocycles. The van der Waals surface area contributed by atoms with E-state index in [1.165, 1.54) is 24.8 Å². The molecule has 3 atom stereocenters. The molecule has 0 heterocycles. The van der Waals surface area contributed by atoms with Gasteiger partial charge < -0.3 is 5.32 Å². The number of hydrogen-bond acceptors (Lipinski definition) is 1. The number of halogens is 1. The van der Waals surface area contributed by atoms with Gasteiger partial charge in [-0.05, 0) is 61.3 Å². The molecule has 1 aromatic rings. The molecule has 1 saturated carbocycles. The molecule has 1 fully saturated rings. The number of benzene rings is 1. The van der Waals surface area contributed by atoms with Crippen LogP contribution in [0.2, 0.25) is 0 Å². The third-order valence-electron chi connectivity index (χ3n) is 4.29. The van der Waals surface area contributed by atoms with Crippen LogP contribution in [0.4, 0.5) is 4.39 Å². The molecule has 0 aromatic heterocycles. The van der Waals surface area contributed by atoms with Crippen LogP contribution in [0.3, 0.4) is 0 Å². The van der Waals surface area contributed by atoms with Crippen molar-refractivity contribution in [3.63, 3.8) is 0 Å². The summed E-state index contributed by atoms with van der Waals surface area (Å²) in [6, 6.07) is 5.68. The molecule has 3 unspecified atom stereocenters. The lowest BCUT2D eigenvalue weighted by Gasteiger charge is -2.33. The van der Waals surface area contributed by atoms with Crippen molar-refractivity contribution >= 4 is 0 Å². The fourth-order valence-corrected chi connectivity index (χ4v) is 3.07. The van der Waals surface area contributed by atoms with Gasteiger partial charge in [0.2, 0.25) is 0 Å². The fraction of sp³-hybridized carbons (Fsp3) is 0.625. The highest BCUT2D eigenvalue weighted by Crippen LogP contribution is 2.28. The van der Waals surface area contributed by atoms with Crippen molar-refractivity contribution in [3.05, 3.63) is 35.1 Å². The number of hydrogen-bond donors (Lipinski definition) is 1. The Kier molecular flexibility index (Phi) is 4.39. The zero-order valence-corrected chi connectivity index (χ0v) is 11.7. The van der Waals surface area contributed by atoms with Gasteiger partial charge in [0.15, 0.2) is 0 Å². The van der Waals surface area contributed by atoms with Crippen LogP contribution in [-0.4, -0.2) is 6.04 Å². The number of rotatable bonds is 3. The Labute approximate surface area is 110 Å². The zero-order valence-electron chi connectivity index (χ0n) is 11.7. The molecule has 1 aliphatic rings. The van der Waals surface area contributed by atoms with E-state index in [0.29, 0.717) is 6.04 Å². The molecule has 100 valence electrons. The number of aryl methyl sites for hydroxylation is 1. The Morgan fingerprint density at radius 2 is 2.06 bits per heavy atom. The van der Waals surface area contributed by atoms with Crippen LogP contribution in [0, 0.1) is 24.6 Å². The molecule has 0 radical (unpaired) electrons. The lowest BCUT2D eigenvalue weighted by atomic mass is 9.80. The minimum atomic E-state index is -0.142. The molecule has 1 aromatic carbocycles. The summed E-state index contributed by atoms with van der Waals surface area (Å²) < 4.78 is 13.0. The maximum absolute atomic E-state index is 13.0. The van der Waals surface area contributed by atoms with Crippen LogP contribution >= 0.6 is 0 Å². The normalized spacial score (nSPS) is 28.3. The summed E-state index contributed by atoms with van der Waals surface area (Å²) in [5.74, 6) is 1.47. The topological polar surface area (TPSA) is 12.0 Å². The SMILES string of the molecule is Cc1cc(F)ccc1CNC1CCC(C)CC1C. The molecule has 0 spiro atoms. The zero-order chi connectivity index (χ0) is 13.1. The molecule has 1 N–H and O–H groups in total. The van der Waals surface area contributed by atoms with Gasteiger partial charge in [-0.15, -0.1) is 0 Å². The van der Waals surface area contributed by atoms with Gasteiger partial charge in [0, 0.05) is 12.6 Å². The van der Waals surface area contributed by atoms with Crippen molar-refractivity contribution in [1.82, 2.24) is 5.32 Å². The molecule has 0 saturated heterocycles. The third-order valence-corrected chi connectivity index (χ3v) is 4.29. The Hall–Kier alpha value is -0.890. The molecular weight excluding hydrogens is 225 g/mol. The third kappa shape index (κ3) is 3.32. The molecule has 2 rings (SSSR count). The van der Waals surface area contributed by atoms with Gasteiger partial charge in [-0.25, -0.2) is 4.39 Å². The van der Waals surface area contributed by atoms with E-state index in [-0.39, 0.29) is 5.82 Å². The molecule has 2 heteroatoms. The monoisotopic (exact) mass is 249 g/mol. The van der Waals surface area contributed by atoms with Crippen LogP contribution in [0.1, 0.15) is 44.2 Å². The van der Waals surface area contributed by atoms with E-state index < -0.39 is 0 Å². The Morgan fingerprint density at radius 1 is 1.28 bits per heavy atom. The molecule has 1 nitrogen and oxygen atoms in total. The van der Waals surface area contributed by atoms with Gasteiger partial charge in [-0.1, -0.05) is 19.9 Å². The van der Waals surface area contributed by atoms with Crippen molar-refractivity contribution < 1.29 is 4.39 Å². The average molecular weight is 249 g/mol. The lowest BCUT2D eigenvalue weighted by molar-refractivity contribution is 0.227. The quantitative estimate of drug-likeness (QED) is 0.852. The van der Waals surface area contributed by atoms with Crippen LogP contribution in [0.25, 0.3) is 0 Å². The van der Waals surface area contributed by atoms with E-state index in [1.807, 2.05) is 13.0 Å². The maximum atomic E-state index is 13.0. The van der Waals surface area contributed by atoms with Crippen molar-refractivity contribution in [2.45, 2.75) is 52.6 Å². The first-order chi connectivity index (χ1) is 8.56. The smallest absolute Gasteiger partial charge is 0.123 e. The van der Waals surface area contributed by atoms with Gasteiger partial charge in [-0.2, -0.15) is 0 Å². The average Bonchev–Trinajstić information content (AvgIpc) is 2.30. The highest BCUT2D eigenvalue weighted by molar-refractivity contribution is 5.26. The number of nitrogens with one attached hydrogen (secondary N) is 1. The summed E-state index contributed by atoms with van der Waals surface area (Å²) in [5.41, 5.74) is 2.25. The van der Waals surface area contributed by atoms with Crippen molar-refractivity contribution in [2.75, 3.05) is 0 Å². The van der Waals surface area contributed by atoms with Crippen LogP contribution in [-0.2, 0) is 6.54 Å². The molecule has 1 aliphatic carbocycles. The standard InChI is InChI=1S/C16H24FN/c1-11-4-7-16(13(3)8-11)18-10-14-5-6-15(17)9-12(14)2/h5-6,9,11,13,16,18H,4,7-8,10H2,1-3H3. The Morgan fingerprint density at radius 3 is 2.72 bits per heavy atom. The molecule has 18 heavy (non-hydrogen) atoms. The minimum absolute atomic E-state index is 0.142. The first-order valence-electron chi connectivity index (χ1n) is 7.04. The Balaban J connectivity index is 1.91.